The van der Waals surface area contributed by atoms with Gasteiger partial charge in [0.05, 0.1) is 11.6 Å². The van der Waals surface area contributed by atoms with E-state index < -0.39 is 5.97 Å². The number of hydrogen-bond acceptors (Lipinski definition) is 4. The SMILES string of the molecule is CC(=O)c1n[nH]c2ccc(-c3cc(CCC(=O)O)ccc3OC3CCCC3)cc12. The van der Waals surface area contributed by atoms with Gasteiger partial charge in [-0.05, 0) is 67.5 Å². The number of H-pyrrole nitrogens is 1. The number of carboxylic acids is 1. The summed E-state index contributed by atoms with van der Waals surface area (Å²) in [5.74, 6) is -0.113. The summed E-state index contributed by atoms with van der Waals surface area (Å²) in [7, 11) is 0. The van der Waals surface area contributed by atoms with Crippen molar-refractivity contribution in [2.45, 2.75) is 51.6 Å². The molecule has 1 fully saturated rings. The Hall–Kier alpha value is -3.15. The average molecular weight is 392 g/mol. The van der Waals surface area contributed by atoms with Gasteiger partial charge in [-0.2, -0.15) is 5.10 Å². The van der Waals surface area contributed by atoms with Crippen molar-refractivity contribution in [2.24, 2.45) is 0 Å². The van der Waals surface area contributed by atoms with Crippen molar-refractivity contribution in [1.29, 1.82) is 0 Å². The molecule has 1 aromatic heterocycles. The first kappa shape index (κ1) is 19.2. The second-order valence-electron chi connectivity index (χ2n) is 7.64. The van der Waals surface area contributed by atoms with Crippen LogP contribution in [0.5, 0.6) is 5.75 Å². The highest BCUT2D eigenvalue weighted by molar-refractivity contribution is 6.05. The molecule has 0 aliphatic heterocycles. The molecule has 0 radical (unpaired) electrons. The van der Waals surface area contributed by atoms with Gasteiger partial charge in [-0.25, -0.2) is 0 Å². The third-order valence-corrected chi connectivity index (χ3v) is 5.47. The Kier molecular flexibility index (Phi) is 5.34. The maximum absolute atomic E-state index is 11.9. The molecule has 0 unspecified atom stereocenters. The molecule has 0 bridgehead atoms. The molecule has 0 spiro atoms. The van der Waals surface area contributed by atoms with E-state index in [0.29, 0.717) is 12.1 Å². The van der Waals surface area contributed by atoms with Gasteiger partial charge in [-0.3, -0.25) is 14.7 Å². The number of ketones is 1. The van der Waals surface area contributed by atoms with Crippen molar-refractivity contribution in [3.05, 3.63) is 47.7 Å². The lowest BCUT2D eigenvalue weighted by molar-refractivity contribution is -0.136. The van der Waals surface area contributed by atoms with Gasteiger partial charge in [-0.1, -0.05) is 12.1 Å². The van der Waals surface area contributed by atoms with E-state index >= 15 is 0 Å². The molecule has 0 saturated heterocycles. The van der Waals surface area contributed by atoms with E-state index in [1.54, 1.807) is 0 Å². The van der Waals surface area contributed by atoms with Crippen LogP contribution in [0.2, 0.25) is 0 Å². The number of aliphatic carboxylic acids is 1. The first-order chi connectivity index (χ1) is 14.0. The van der Waals surface area contributed by atoms with Crippen LogP contribution in [0.4, 0.5) is 0 Å². The second-order valence-corrected chi connectivity index (χ2v) is 7.64. The monoisotopic (exact) mass is 392 g/mol. The summed E-state index contributed by atoms with van der Waals surface area (Å²) >= 11 is 0. The number of aryl methyl sites for hydroxylation is 1. The summed E-state index contributed by atoms with van der Waals surface area (Å²) < 4.78 is 6.31. The van der Waals surface area contributed by atoms with Gasteiger partial charge in [0.25, 0.3) is 0 Å². The smallest absolute Gasteiger partial charge is 0.303 e. The molecule has 6 heteroatoms. The van der Waals surface area contributed by atoms with Crippen LogP contribution in [0, 0.1) is 0 Å². The highest BCUT2D eigenvalue weighted by atomic mass is 16.5. The van der Waals surface area contributed by atoms with E-state index in [-0.39, 0.29) is 18.3 Å². The minimum absolute atomic E-state index is 0.0809. The molecule has 29 heavy (non-hydrogen) atoms. The normalized spacial score (nSPS) is 14.4. The van der Waals surface area contributed by atoms with E-state index in [0.717, 1.165) is 46.2 Å². The molecule has 6 nitrogen and oxygen atoms in total. The first-order valence-electron chi connectivity index (χ1n) is 10.0. The quantitative estimate of drug-likeness (QED) is 0.565. The lowest BCUT2D eigenvalue weighted by atomic mass is 9.98. The summed E-state index contributed by atoms with van der Waals surface area (Å²) in [5.41, 5.74) is 4.01. The molecule has 3 aromatic rings. The molecule has 1 aliphatic rings. The number of nitrogens with zero attached hydrogens (tertiary/aromatic N) is 1. The Labute approximate surface area is 168 Å². The molecular formula is C23H24N2O4. The lowest BCUT2D eigenvalue weighted by Crippen LogP contribution is -2.11. The standard InChI is InChI=1S/C23H24N2O4/c1-14(26)23-19-13-16(8-9-20(19)24-25-23)18-12-15(7-11-22(27)28)6-10-21(18)29-17-4-2-3-5-17/h6,8-10,12-13,17H,2-5,7,11H2,1H3,(H,24,25)(H,27,28). The van der Waals surface area contributed by atoms with Crippen molar-refractivity contribution in [3.63, 3.8) is 0 Å². The van der Waals surface area contributed by atoms with Crippen LogP contribution >= 0.6 is 0 Å². The minimum atomic E-state index is -0.816. The summed E-state index contributed by atoms with van der Waals surface area (Å²) in [6.45, 7) is 1.50. The highest BCUT2D eigenvalue weighted by Gasteiger charge is 2.19. The molecule has 1 saturated carbocycles. The summed E-state index contributed by atoms with van der Waals surface area (Å²) in [4.78, 5) is 22.9. The van der Waals surface area contributed by atoms with Crippen molar-refractivity contribution in [3.8, 4) is 16.9 Å². The average Bonchev–Trinajstić information content (AvgIpc) is 3.36. The van der Waals surface area contributed by atoms with Crippen LogP contribution in [0.3, 0.4) is 0 Å². The zero-order valence-electron chi connectivity index (χ0n) is 16.4. The maximum Gasteiger partial charge on any atom is 0.303 e. The molecule has 1 heterocycles. The minimum Gasteiger partial charge on any atom is -0.490 e. The fourth-order valence-electron chi connectivity index (χ4n) is 3.95. The van der Waals surface area contributed by atoms with Crippen molar-refractivity contribution >= 4 is 22.7 Å². The van der Waals surface area contributed by atoms with E-state index in [1.807, 2.05) is 36.4 Å². The van der Waals surface area contributed by atoms with Crippen LogP contribution in [-0.4, -0.2) is 33.2 Å². The molecule has 0 amide bonds. The van der Waals surface area contributed by atoms with E-state index in [2.05, 4.69) is 10.2 Å². The molecule has 2 aromatic carbocycles. The van der Waals surface area contributed by atoms with Crippen LogP contribution in [0.25, 0.3) is 22.0 Å². The predicted octanol–water partition coefficient (Wildman–Crippen LogP) is 4.77. The zero-order valence-corrected chi connectivity index (χ0v) is 16.4. The summed E-state index contributed by atoms with van der Waals surface area (Å²) in [6.07, 6.45) is 5.21. The fourth-order valence-corrected chi connectivity index (χ4v) is 3.95. The van der Waals surface area contributed by atoms with Gasteiger partial charge < -0.3 is 9.84 Å². The van der Waals surface area contributed by atoms with Gasteiger partial charge >= 0.3 is 5.97 Å². The number of nitrogens with one attached hydrogen (secondary N) is 1. The fraction of sp³-hybridized carbons (Fsp3) is 0.348. The lowest BCUT2D eigenvalue weighted by Gasteiger charge is -2.18. The second kappa shape index (κ2) is 8.07. The van der Waals surface area contributed by atoms with E-state index in [9.17, 15) is 9.59 Å². The van der Waals surface area contributed by atoms with Gasteiger partial charge in [0.2, 0.25) is 0 Å². The van der Waals surface area contributed by atoms with Gasteiger partial charge in [-0.15, -0.1) is 0 Å². The number of rotatable bonds is 7. The Morgan fingerprint density at radius 3 is 2.69 bits per heavy atom. The van der Waals surface area contributed by atoms with Gasteiger partial charge in [0.1, 0.15) is 11.4 Å². The number of Topliss-reactive ketones (excluding diaryl/α,β-unsaturated/α-hetero) is 1. The third kappa shape index (κ3) is 4.16. The molecule has 0 atom stereocenters. The van der Waals surface area contributed by atoms with Crippen LogP contribution in [0.15, 0.2) is 36.4 Å². The van der Waals surface area contributed by atoms with E-state index in [1.165, 1.54) is 19.8 Å². The van der Waals surface area contributed by atoms with Crippen LogP contribution in [0.1, 0.15) is 55.1 Å². The van der Waals surface area contributed by atoms with Gasteiger partial charge in [0.15, 0.2) is 5.78 Å². The number of carboxylic acid groups (broad SMARTS) is 1. The molecule has 1 aliphatic carbocycles. The van der Waals surface area contributed by atoms with E-state index in [4.69, 9.17) is 9.84 Å². The number of hydrogen-bond donors (Lipinski definition) is 2. The topological polar surface area (TPSA) is 92.3 Å². The maximum atomic E-state index is 11.9. The largest absolute Gasteiger partial charge is 0.490 e. The first-order valence-corrected chi connectivity index (χ1v) is 10.0. The van der Waals surface area contributed by atoms with Crippen molar-refractivity contribution < 1.29 is 19.4 Å². The molecule has 150 valence electrons. The number of aromatic amines is 1. The van der Waals surface area contributed by atoms with Crippen molar-refractivity contribution in [2.75, 3.05) is 0 Å². The number of aromatic nitrogens is 2. The number of benzene rings is 2. The summed E-state index contributed by atoms with van der Waals surface area (Å²) in [6, 6.07) is 11.7. The van der Waals surface area contributed by atoms with Crippen LogP contribution < -0.4 is 4.74 Å². The number of carbonyl (C=O) groups excluding carboxylic acids is 1. The molecular weight excluding hydrogens is 368 g/mol. The highest BCUT2D eigenvalue weighted by Crippen LogP contribution is 2.36. The predicted molar refractivity (Wildman–Crippen MR) is 110 cm³/mol. The number of carbonyl (C=O) groups is 2. The Balaban J connectivity index is 1.76. The Bertz CT molecular complexity index is 1060. The summed E-state index contributed by atoms with van der Waals surface area (Å²) in [5, 5.41) is 16.8. The van der Waals surface area contributed by atoms with Crippen LogP contribution in [-0.2, 0) is 11.2 Å². The third-order valence-electron chi connectivity index (χ3n) is 5.47. The number of ether oxygens (including phenoxy) is 1. The van der Waals surface area contributed by atoms with Gasteiger partial charge in [0, 0.05) is 24.3 Å². The number of fused-ring (bicyclic) bond motifs is 1. The molecule has 2 N–H and O–H groups in total. The molecule has 4 rings (SSSR count). The zero-order chi connectivity index (χ0) is 20.4. The Morgan fingerprint density at radius 2 is 1.97 bits per heavy atom. The Morgan fingerprint density at radius 1 is 1.17 bits per heavy atom. The van der Waals surface area contributed by atoms with Crippen molar-refractivity contribution in [1.82, 2.24) is 10.2 Å².